The molecular weight excluding hydrogens is 318 g/mol. The van der Waals surface area contributed by atoms with Crippen molar-refractivity contribution in [1.82, 2.24) is 0 Å². The van der Waals surface area contributed by atoms with Crippen LogP contribution in [0.4, 0.5) is 4.39 Å². The van der Waals surface area contributed by atoms with E-state index in [4.69, 9.17) is 34.8 Å². The largest absolute Gasteiger partial charge is 0.207 e. The van der Waals surface area contributed by atoms with Crippen LogP contribution in [0.15, 0.2) is 48.5 Å². The molecule has 0 aliphatic carbocycles. The van der Waals surface area contributed by atoms with Gasteiger partial charge in [-0.3, -0.25) is 0 Å². The van der Waals surface area contributed by atoms with E-state index in [-0.39, 0.29) is 5.82 Å². The Labute approximate surface area is 133 Å². The minimum absolute atomic E-state index is 0.274. The lowest BCUT2D eigenvalue weighted by atomic mass is 9.78. The van der Waals surface area contributed by atoms with Gasteiger partial charge in [-0.25, -0.2) is 4.39 Å². The van der Waals surface area contributed by atoms with Crippen LogP contribution in [0.1, 0.15) is 11.1 Å². The van der Waals surface area contributed by atoms with Gasteiger partial charge in [0.2, 0.25) is 0 Å². The molecule has 0 saturated heterocycles. The van der Waals surface area contributed by atoms with Crippen molar-refractivity contribution in [2.24, 2.45) is 0 Å². The smallest absolute Gasteiger partial charge is 0.123 e. The highest BCUT2D eigenvalue weighted by Crippen LogP contribution is 2.33. The van der Waals surface area contributed by atoms with Gasteiger partial charge in [0, 0.05) is 22.2 Å². The zero-order valence-corrected chi connectivity index (χ0v) is 13.0. The van der Waals surface area contributed by atoms with Gasteiger partial charge in [0.05, 0.1) is 0 Å². The Bertz CT molecular complexity index is 562. The molecule has 0 aliphatic heterocycles. The van der Waals surface area contributed by atoms with Crippen molar-refractivity contribution in [2.45, 2.75) is 11.8 Å². The molecule has 0 amide bonds. The van der Waals surface area contributed by atoms with Crippen molar-refractivity contribution in [1.29, 1.82) is 0 Å². The summed E-state index contributed by atoms with van der Waals surface area (Å²) in [6.07, 6.45) is 0.616. The molecule has 0 saturated carbocycles. The molecule has 0 radical (unpaired) electrons. The van der Waals surface area contributed by atoms with Crippen molar-refractivity contribution < 1.29 is 4.39 Å². The predicted octanol–water partition coefficient (Wildman–Crippen LogP) is 5.44. The fourth-order valence-electron chi connectivity index (χ4n) is 2.20. The first kappa shape index (κ1) is 15.6. The minimum atomic E-state index is -0.457. The van der Waals surface area contributed by atoms with Gasteiger partial charge in [-0.05, 0) is 35.7 Å². The van der Waals surface area contributed by atoms with Gasteiger partial charge < -0.3 is 0 Å². The van der Waals surface area contributed by atoms with E-state index in [1.54, 1.807) is 12.1 Å². The van der Waals surface area contributed by atoms with Crippen LogP contribution in [0, 0.1) is 5.82 Å². The summed E-state index contributed by atoms with van der Waals surface area (Å²) >= 11 is 18.6. The second-order valence-corrected chi connectivity index (χ2v) is 5.76. The maximum atomic E-state index is 13.1. The molecule has 106 valence electrons. The van der Waals surface area contributed by atoms with Crippen LogP contribution in [0.3, 0.4) is 0 Å². The molecule has 0 nitrogen and oxygen atoms in total. The highest BCUT2D eigenvalue weighted by molar-refractivity contribution is 6.31. The molecule has 0 fully saturated rings. The Morgan fingerprint density at radius 2 is 1.50 bits per heavy atom. The zero-order valence-electron chi connectivity index (χ0n) is 10.8. The van der Waals surface area contributed by atoms with Gasteiger partial charge in [-0.1, -0.05) is 41.9 Å². The van der Waals surface area contributed by atoms with Crippen molar-refractivity contribution in [3.63, 3.8) is 0 Å². The summed E-state index contributed by atoms with van der Waals surface area (Å²) in [5.74, 6) is 0.408. The Morgan fingerprint density at radius 1 is 0.900 bits per heavy atom. The van der Waals surface area contributed by atoms with E-state index in [2.05, 4.69) is 0 Å². The molecule has 0 N–H and O–H groups in total. The maximum Gasteiger partial charge on any atom is 0.123 e. The highest BCUT2D eigenvalue weighted by Gasteiger charge is 2.31. The first-order chi connectivity index (χ1) is 9.61. The van der Waals surface area contributed by atoms with E-state index in [0.717, 1.165) is 11.1 Å². The number of rotatable bonds is 5. The van der Waals surface area contributed by atoms with Crippen LogP contribution in [0.25, 0.3) is 0 Å². The zero-order chi connectivity index (χ0) is 14.6. The SMILES string of the molecule is Fc1ccc(C(CCl)(CCl)Cc2ccccc2Cl)cc1. The molecule has 0 bridgehead atoms. The quantitative estimate of drug-likeness (QED) is 0.640. The molecule has 0 heterocycles. The van der Waals surface area contributed by atoms with Gasteiger partial charge in [-0.2, -0.15) is 0 Å². The number of alkyl halides is 2. The van der Waals surface area contributed by atoms with E-state index in [1.807, 2.05) is 24.3 Å². The summed E-state index contributed by atoms with van der Waals surface area (Å²) in [6, 6.07) is 13.9. The summed E-state index contributed by atoms with van der Waals surface area (Å²) in [5.41, 5.74) is 1.45. The first-order valence-electron chi connectivity index (χ1n) is 6.23. The van der Waals surface area contributed by atoms with Crippen LogP contribution in [0.2, 0.25) is 5.02 Å². The number of hydrogen-bond donors (Lipinski definition) is 0. The summed E-state index contributed by atoms with van der Waals surface area (Å²) < 4.78 is 13.1. The van der Waals surface area contributed by atoms with Crippen molar-refractivity contribution in [2.75, 3.05) is 11.8 Å². The molecule has 20 heavy (non-hydrogen) atoms. The molecule has 0 aromatic heterocycles. The van der Waals surface area contributed by atoms with Gasteiger partial charge in [-0.15, -0.1) is 23.2 Å². The standard InChI is InChI=1S/C16H14Cl3F/c17-10-16(11-18,13-5-7-14(20)8-6-13)9-12-3-1-2-4-15(12)19/h1-8H,9-11H2. The maximum absolute atomic E-state index is 13.1. The summed E-state index contributed by atoms with van der Waals surface area (Å²) in [4.78, 5) is 0. The molecule has 4 heteroatoms. The summed E-state index contributed by atoms with van der Waals surface area (Å²) in [6.45, 7) is 0. The number of benzene rings is 2. The molecule has 2 aromatic rings. The fourth-order valence-corrected chi connectivity index (χ4v) is 3.18. The average molecular weight is 332 g/mol. The molecular formula is C16H14Cl3F. The van der Waals surface area contributed by atoms with E-state index in [9.17, 15) is 4.39 Å². The second-order valence-electron chi connectivity index (χ2n) is 4.82. The van der Waals surface area contributed by atoms with Gasteiger partial charge in [0.1, 0.15) is 5.82 Å². The normalized spacial score (nSPS) is 11.6. The third-order valence-electron chi connectivity index (χ3n) is 3.45. The third-order valence-corrected chi connectivity index (χ3v) is 4.85. The van der Waals surface area contributed by atoms with Crippen molar-refractivity contribution in [3.05, 3.63) is 70.5 Å². The van der Waals surface area contributed by atoms with Gasteiger partial charge in [0.15, 0.2) is 0 Å². The van der Waals surface area contributed by atoms with E-state index in [0.29, 0.717) is 23.2 Å². The molecule has 0 spiro atoms. The number of hydrogen-bond acceptors (Lipinski definition) is 0. The van der Waals surface area contributed by atoms with E-state index < -0.39 is 5.41 Å². The first-order valence-corrected chi connectivity index (χ1v) is 7.67. The van der Waals surface area contributed by atoms with Gasteiger partial charge >= 0.3 is 0 Å². The average Bonchev–Trinajstić information content (AvgIpc) is 2.48. The Kier molecular flexibility index (Phi) is 5.31. The molecule has 2 rings (SSSR count). The van der Waals surface area contributed by atoms with Crippen LogP contribution in [-0.4, -0.2) is 11.8 Å². The monoisotopic (exact) mass is 330 g/mol. The lowest BCUT2D eigenvalue weighted by molar-refractivity contribution is 0.533. The van der Waals surface area contributed by atoms with Crippen LogP contribution in [0.5, 0.6) is 0 Å². The molecule has 0 atom stereocenters. The van der Waals surface area contributed by atoms with Crippen molar-refractivity contribution in [3.8, 4) is 0 Å². The Hall–Kier alpha value is -0.760. The Balaban J connectivity index is 2.39. The van der Waals surface area contributed by atoms with Crippen LogP contribution in [-0.2, 0) is 11.8 Å². The second kappa shape index (κ2) is 6.80. The summed E-state index contributed by atoms with van der Waals surface area (Å²) in [7, 11) is 0. The molecule has 2 aromatic carbocycles. The van der Waals surface area contributed by atoms with E-state index >= 15 is 0 Å². The number of halogens is 4. The van der Waals surface area contributed by atoms with Crippen LogP contribution >= 0.6 is 34.8 Å². The lowest BCUT2D eigenvalue weighted by Crippen LogP contribution is -2.33. The van der Waals surface area contributed by atoms with Crippen molar-refractivity contribution >= 4 is 34.8 Å². The van der Waals surface area contributed by atoms with E-state index in [1.165, 1.54) is 12.1 Å². The molecule has 0 unspecified atom stereocenters. The third kappa shape index (κ3) is 3.28. The Morgan fingerprint density at radius 3 is 2.05 bits per heavy atom. The lowest BCUT2D eigenvalue weighted by Gasteiger charge is -2.30. The summed E-state index contributed by atoms with van der Waals surface area (Å²) in [5, 5.41) is 0.689. The minimum Gasteiger partial charge on any atom is -0.207 e. The van der Waals surface area contributed by atoms with Crippen LogP contribution < -0.4 is 0 Å². The topological polar surface area (TPSA) is 0 Å². The fraction of sp³-hybridized carbons (Fsp3) is 0.250. The van der Waals surface area contributed by atoms with Gasteiger partial charge in [0.25, 0.3) is 0 Å². The molecule has 0 aliphatic rings. The predicted molar refractivity (Wildman–Crippen MR) is 84.7 cm³/mol. The highest BCUT2D eigenvalue weighted by atomic mass is 35.5.